The fourth-order valence-corrected chi connectivity index (χ4v) is 6.40. The number of benzene rings is 3. The van der Waals surface area contributed by atoms with Crippen molar-refractivity contribution in [1.29, 1.82) is 0 Å². The zero-order valence-corrected chi connectivity index (χ0v) is 27.0. The van der Waals surface area contributed by atoms with Gasteiger partial charge in [-0.1, -0.05) is 54.6 Å². The highest BCUT2D eigenvalue weighted by atomic mass is 79.9. The Balaban J connectivity index is 1.34. The molecule has 45 heavy (non-hydrogen) atoms. The summed E-state index contributed by atoms with van der Waals surface area (Å²) in [6.07, 6.45) is 1.51. The molecule has 2 bridgehead atoms. The highest BCUT2D eigenvalue weighted by molar-refractivity contribution is 9.10. The fourth-order valence-electron chi connectivity index (χ4n) is 6.04. The minimum atomic E-state index is -0.614. The van der Waals surface area contributed by atoms with Gasteiger partial charge in [-0.05, 0) is 69.6 Å². The van der Waals surface area contributed by atoms with Gasteiger partial charge < -0.3 is 24.6 Å². The standard InChI is InChI=1S/C35H37BrFN3O5/c1-23(42)40-19-28-18-29(25-12-10-24(11-13-25)7-6-16-44-32-17-27(37)14-15-30(32)36)34(31(20-40)38-28)35(43)39(2)21-33(45-22-41)26-8-4-3-5-9-26/h3-5,8-15,17,22,28,31,33,38H,6-7,16,18-21H2,1-2H3/t28-,31-,33-/m1/s1. The lowest BCUT2D eigenvalue weighted by Crippen LogP contribution is -2.61. The summed E-state index contributed by atoms with van der Waals surface area (Å²) in [5, 5.41) is 3.57. The molecule has 0 unspecified atom stereocenters. The Bertz CT molecular complexity index is 1550. The van der Waals surface area contributed by atoms with Crippen LogP contribution >= 0.6 is 15.9 Å². The monoisotopic (exact) mass is 677 g/mol. The molecule has 10 heteroatoms. The molecule has 1 saturated heterocycles. The van der Waals surface area contributed by atoms with Crippen LogP contribution < -0.4 is 10.1 Å². The number of halogens is 2. The number of fused-ring (bicyclic) bond motifs is 2. The summed E-state index contributed by atoms with van der Waals surface area (Å²) in [7, 11) is 1.71. The van der Waals surface area contributed by atoms with Crippen molar-refractivity contribution in [2.24, 2.45) is 0 Å². The van der Waals surface area contributed by atoms with Crippen LogP contribution in [0.5, 0.6) is 5.75 Å². The van der Waals surface area contributed by atoms with E-state index in [1.807, 2.05) is 42.5 Å². The summed E-state index contributed by atoms with van der Waals surface area (Å²) in [4.78, 5) is 41.2. The first-order valence-corrected chi connectivity index (χ1v) is 15.8. The van der Waals surface area contributed by atoms with Gasteiger partial charge in [-0.2, -0.15) is 0 Å². The average molecular weight is 679 g/mol. The highest BCUT2D eigenvalue weighted by Crippen LogP contribution is 2.35. The summed E-state index contributed by atoms with van der Waals surface area (Å²) in [5.74, 6) is -0.0567. The summed E-state index contributed by atoms with van der Waals surface area (Å²) < 4.78 is 25.4. The molecule has 3 aromatic carbocycles. The molecule has 2 aliphatic rings. The normalized spacial score (nSPS) is 18.3. The van der Waals surface area contributed by atoms with Crippen LogP contribution in [-0.2, 0) is 25.5 Å². The number of ether oxygens (including phenoxy) is 2. The van der Waals surface area contributed by atoms with Gasteiger partial charge in [0.2, 0.25) is 5.91 Å². The number of carbonyl (C=O) groups is 3. The molecule has 2 heterocycles. The molecule has 0 aromatic heterocycles. The van der Waals surface area contributed by atoms with Crippen molar-refractivity contribution in [3.8, 4) is 5.75 Å². The maximum atomic E-state index is 14.2. The molecule has 0 radical (unpaired) electrons. The van der Waals surface area contributed by atoms with Gasteiger partial charge in [0.25, 0.3) is 12.4 Å². The lowest BCUT2D eigenvalue weighted by Gasteiger charge is -2.44. The van der Waals surface area contributed by atoms with Gasteiger partial charge in [0, 0.05) is 44.7 Å². The van der Waals surface area contributed by atoms with Crippen molar-refractivity contribution < 1.29 is 28.2 Å². The first kappa shape index (κ1) is 32.4. The Hall–Kier alpha value is -4.02. The van der Waals surface area contributed by atoms with E-state index >= 15 is 0 Å². The Morgan fingerprint density at radius 2 is 1.87 bits per heavy atom. The third kappa shape index (κ3) is 7.99. The zero-order chi connectivity index (χ0) is 31.9. The number of nitrogens with zero attached hydrogens (tertiary/aromatic N) is 2. The van der Waals surface area contributed by atoms with E-state index in [0.29, 0.717) is 48.4 Å². The fraction of sp³-hybridized carbons (Fsp3) is 0.343. The Kier molecular flexibility index (Phi) is 10.7. The number of piperazine rings is 1. The van der Waals surface area contributed by atoms with E-state index < -0.39 is 6.10 Å². The number of likely N-dealkylation sites (N-methyl/N-ethyl adjacent to an activating group) is 1. The minimum absolute atomic E-state index is 0.0169. The van der Waals surface area contributed by atoms with Gasteiger partial charge in [0.05, 0.1) is 23.7 Å². The first-order chi connectivity index (χ1) is 21.7. The molecule has 5 rings (SSSR count). The molecule has 236 valence electrons. The lowest BCUT2D eigenvalue weighted by atomic mass is 9.82. The number of rotatable bonds is 12. The van der Waals surface area contributed by atoms with Gasteiger partial charge in [-0.3, -0.25) is 14.4 Å². The largest absolute Gasteiger partial charge is 0.492 e. The lowest BCUT2D eigenvalue weighted by molar-refractivity contribution is -0.138. The van der Waals surface area contributed by atoms with Gasteiger partial charge >= 0.3 is 0 Å². The summed E-state index contributed by atoms with van der Waals surface area (Å²) in [6, 6.07) is 21.6. The van der Waals surface area contributed by atoms with Crippen LogP contribution in [-0.4, -0.2) is 73.5 Å². The van der Waals surface area contributed by atoms with Crippen molar-refractivity contribution in [3.63, 3.8) is 0 Å². The topological polar surface area (TPSA) is 88.2 Å². The molecule has 0 spiro atoms. The Labute approximate surface area is 271 Å². The predicted octanol–water partition coefficient (Wildman–Crippen LogP) is 5.32. The molecule has 8 nitrogen and oxygen atoms in total. The smallest absolute Gasteiger partial charge is 0.293 e. The molecule has 2 aliphatic heterocycles. The minimum Gasteiger partial charge on any atom is -0.492 e. The van der Waals surface area contributed by atoms with E-state index in [9.17, 15) is 18.8 Å². The number of nitrogens with one attached hydrogen (secondary N) is 1. The molecule has 3 atom stereocenters. The molecule has 1 fully saturated rings. The second-order valence-corrected chi connectivity index (χ2v) is 12.3. The van der Waals surface area contributed by atoms with Crippen molar-refractivity contribution in [2.75, 3.05) is 33.3 Å². The van der Waals surface area contributed by atoms with Gasteiger partial charge in [-0.15, -0.1) is 0 Å². The van der Waals surface area contributed by atoms with Crippen molar-refractivity contribution >= 4 is 39.8 Å². The van der Waals surface area contributed by atoms with Crippen LogP contribution in [0.15, 0.2) is 82.8 Å². The Morgan fingerprint density at radius 1 is 1.11 bits per heavy atom. The second kappa shape index (κ2) is 14.8. The molecule has 0 saturated carbocycles. The van der Waals surface area contributed by atoms with Crippen LogP contribution in [0.25, 0.3) is 5.57 Å². The molecule has 1 N–H and O–H groups in total. The van der Waals surface area contributed by atoms with Crippen molar-refractivity contribution in [2.45, 2.75) is 44.4 Å². The summed E-state index contributed by atoms with van der Waals surface area (Å²) in [5.41, 5.74) is 4.47. The maximum Gasteiger partial charge on any atom is 0.293 e. The summed E-state index contributed by atoms with van der Waals surface area (Å²) in [6.45, 7) is 3.57. The van der Waals surface area contributed by atoms with E-state index in [4.69, 9.17) is 9.47 Å². The first-order valence-electron chi connectivity index (χ1n) is 15.0. The quantitative estimate of drug-likeness (QED) is 0.206. The van der Waals surface area contributed by atoms with Crippen LogP contribution in [0.3, 0.4) is 0 Å². The molecule has 2 amide bonds. The molecule has 0 aliphatic carbocycles. The van der Waals surface area contributed by atoms with E-state index in [0.717, 1.165) is 35.1 Å². The maximum absolute atomic E-state index is 14.2. The number of aryl methyl sites for hydroxylation is 1. The van der Waals surface area contributed by atoms with Crippen LogP contribution in [0.2, 0.25) is 0 Å². The van der Waals surface area contributed by atoms with Gasteiger partial charge in [0.15, 0.2) is 0 Å². The Morgan fingerprint density at radius 3 is 2.58 bits per heavy atom. The number of hydrogen-bond acceptors (Lipinski definition) is 6. The highest BCUT2D eigenvalue weighted by Gasteiger charge is 2.40. The number of carbonyl (C=O) groups excluding carboxylic acids is 3. The summed E-state index contributed by atoms with van der Waals surface area (Å²) >= 11 is 3.39. The third-order valence-electron chi connectivity index (χ3n) is 8.32. The van der Waals surface area contributed by atoms with Crippen LogP contribution in [0.1, 0.15) is 42.6 Å². The van der Waals surface area contributed by atoms with Crippen LogP contribution in [0.4, 0.5) is 4.39 Å². The van der Waals surface area contributed by atoms with Gasteiger partial charge in [0.1, 0.15) is 17.7 Å². The van der Waals surface area contributed by atoms with Crippen molar-refractivity contribution in [3.05, 3.63) is 105 Å². The van der Waals surface area contributed by atoms with E-state index in [2.05, 4.69) is 33.4 Å². The van der Waals surface area contributed by atoms with E-state index in [1.54, 1.807) is 29.8 Å². The van der Waals surface area contributed by atoms with Crippen LogP contribution in [0, 0.1) is 5.82 Å². The van der Waals surface area contributed by atoms with E-state index in [1.165, 1.54) is 12.1 Å². The second-order valence-electron chi connectivity index (χ2n) is 11.5. The van der Waals surface area contributed by atoms with Gasteiger partial charge in [-0.25, -0.2) is 4.39 Å². The molecular weight excluding hydrogens is 641 g/mol. The van der Waals surface area contributed by atoms with Crippen molar-refractivity contribution in [1.82, 2.24) is 15.1 Å². The number of hydrogen-bond donors (Lipinski definition) is 1. The van der Waals surface area contributed by atoms with E-state index in [-0.39, 0.29) is 36.3 Å². The SMILES string of the molecule is CC(=O)N1C[C@H]2CC(c3ccc(CCCOc4cc(F)ccc4Br)cc3)=C(C(=O)N(C)C[C@@H](OC=O)c3ccccc3)[C@@H](C1)N2. The third-order valence-corrected chi connectivity index (χ3v) is 8.98. The average Bonchev–Trinajstić information content (AvgIpc) is 3.04. The zero-order valence-electron chi connectivity index (χ0n) is 25.4. The number of amides is 2. The predicted molar refractivity (Wildman–Crippen MR) is 173 cm³/mol. The molecular formula is C35H37BrFN3O5. The molecule has 3 aromatic rings.